The van der Waals surface area contributed by atoms with Crippen molar-refractivity contribution in [1.82, 2.24) is 45.0 Å². The molecule has 33 heavy (non-hydrogen) atoms. The fourth-order valence-corrected chi connectivity index (χ4v) is 4.11. The van der Waals surface area contributed by atoms with E-state index in [0.29, 0.717) is 5.82 Å². The molecule has 10 nitrogen and oxygen atoms in total. The van der Waals surface area contributed by atoms with Gasteiger partial charge in [0.15, 0.2) is 5.82 Å². The number of aromatic nitrogens is 8. The molecular formula is C23H23N9O. The summed E-state index contributed by atoms with van der Waals surface area (Å²) in [5, 5.41) is 10.9. The number of rotatable bonds is 5. The number of aryl methyl sites for hydroxylation is 1. The predicted octanol–water partition coefficient (Wildman–Crippen LogP) is 3.03. The number of nitrogens with zero attached hydrogens (tertiary/aromatic N) is 6. The molecule has 166 valence electrons. The van der Waals surface area contributed by atoms with Crippen LogP contribution in [0.25, 0.3) is 39.5 Å². The molecule has 0 aromatic carbocycles. The topological polar surface area (TPSA) is 122 Å². The lowest BCUT2D eigenvalue weighted by molar-refractivity contribution is 0.162. The predicted molar refractivity (Wildman–Crippen MR) is 123 cm³/mol. The molecule has 1 saturated heterocycles. The van der Waals surface area contributed by atoms with Crippen LogP contribution in [0.4, 0.5) is 0 Å². The lowest BCUT2D eigenvalue weighted by Gasteiger charge is -2.23. The summed E-state index contributed by atoms with van der Waals surface area (Å²) in [7, 11) is 0. The van der Waals surface area contributed by atoms with Gasteiger partial charge in [0.2, 0.25) is 0 Å². The van der Waals surface area contributed by atoms with Crippen LogP contribution in [0, 0.1) is 6.92 Å². The zero-order valence-corrected chi connectivity index (χ0v) is 18.1. The van der Waals surface area contributed by atoms with Gasteiger partial charge in [0, 0.05) is 18.0 Å². The second-order valence-electron chi connectivity index (χ2n) is 8.21. The first kappa shape index (κ1) is 19.6. The second kappa shape index (κ2) is 8.14. The van der Waals surface area contributed by atoms with Crippen LogP contribution in [-0.4, -0.2) is 58.9 Å². The van der Waals surface area contributed by atoms with Gasteiger partial charge >= 0.3 is 0 Å². The molecule has 0 amide bonds. The maximum absolute atomic E-state index is 6.13. The van der Waals surface area contributed by atoms with Gasteiger partial charge in [-0.05, 0) is 45.0 Å². The van der Waals surface area contributed by atoms with Crippen LogP contribution in [0.5, 0.6) is 5.75 Å². The number of ether oxygens (including phenoxy) is 1. The smallest absolute Gasteiger partial charge is 0.156 e. The van der Waals surface area contributed by atoms with E-state index in [2.05, 4.69) is 35.5 Å². The first-order valence-corrected chi connectivity index (χ1v) is 11.0. The second-order valence-corrected chi connectivity index (χ2v) is 8.21. The van der Waals surface area contributed by atoms with E-state index < -0.39 is 0 Å². The number of H-pyrrole nitrogens is 2. The molecule has 0 atom stereocenters. The number of piperidine rings is 1. The van der Waals surface area contributed by atoms with Gasteiger partial charge < -0.3 is 19.6 Å². The Morgan fingerprint density at radius 3 is 2.79 bits per heavy atom. The summed E-state index contributed by atoms with van der Waals surface area (Å²) in [6.45, 7) is 3.92. The maximum Gasteiger partial charge on any atom is 0.156 e. The minimum atomic E-state index is 0.218. The molecule has 3 N–H and O–H groups in total. The Hall–Kier alpha value is -4.05. The molecule has 1 aliphatic rings. The molecule has 5 aromatic rings. The highest BCUT2D eigenvalue weighted by atomic mass is 16.5. The number of fused-ring (bicyclic) bond motifs is 1. The Kier molecular flexibility index (Phi) is 4.84. The monoisotopic (exact) mass is 441 g/mol. The van der Waals surface area contributed by atoms with Crippen LogP contribution in [0.2, 0.25) is 0 Å². The third-order valence-corrected chi connectivity index (χ3v) is 5.80. The lowest BCUT2D eigenvalue weighted by atomic mass is 10.1. The summed E-state index contributed by atoms with van der Waals surface area (Å²) in [4.78, 5) is 21.2. The third-order valence-electron chi connectivity index (χ3n) is 5.80. The van der Waals surface area contributed by atoms with Gasteiger partial charge in [-0.2, -0.15) is 5.10 Å². The van der Waals surface area contributed by atoms with Crippen molar-refractivity contribution in [2.75, 3.05) is 13.1 Å². The van der Waals surface area contributed by atoms with Crippen molar-refractivity contribution in [3.05, 3.63) is 55.1 Å². The molecule has 0 aliphatic carbocycles. The van der Waals surface area contributed by atoms with Crippen molar-refractivity contribution in [2.24, 2.45) is 0 Å². The zero-order chi connectivity index (χ0) is 22.2. The average molecular weight is 441 g/mol. The normalized spacial score (nSPS) is 14.7. The summed E-state index contributed by atoms with van der Waals surface area (Å²) in [6, 6.07) is 3.94. The van der Waals surface area contributed by atoms with Crippen LogP contribution in [0.3, 0.4) is 0 Å². The lowest BCUT2D eigenvalue weighted by Crippen LogP contribution is -2.34. The maximum atomic E-state index is 6.13. The largest absolute Gasteiger partial charge is 0.489 e. The van der Waals surface area contributed by atoms with Crippen molar-refractivity contribution in [2.45, 2.75) is 25.9 Å². The molecule has 10 heteroatoms. The third kappa shape index (κ3) is 3.85. The van der Waals surface area contributed by atoms with Crippen molar-refractivity contribution in [1.29, 1.82) is 0 Å². The molecule has 0 spiro atoms. The van der Waals surface area contributed by atoms with Crippen molar-refractivity contribution in [3.63, 3.8) is 0 Å². The van der Waals surface area contributed by atoms with Crippen molar-refractivity contribution in [3.8, 4) is 34.2 Å². The van der Waals surface area contributed by atoms with Gasteiger partial charge in [-0.15, -0.1) is 0 Å². The molecule has 0 radical (unpaired) electrons. The summed E-state index contributed by atoms with van der Waals surface area (Å²) >= 11 is 0. The molecule has 1 fully saturated rings. The summed E-state index contributed by atoms with van der Waals surface area (Å²) in [5.74, 6) is 1.45. The highest BCUT2D eigenvalue weighted by Crippen LogP contribution is 2.28. The minimum absolute atomic E-state index is 0.218. The van der Waals surface area contributed by atoms with E-state index in [1.54, 1.807) is 31.1 Å². The van der Waals surface area contributed by atoms with Gasteiger partial charge in [0.05, 0.1) is 47.5 Å². The molecule has 6 rings (SSSR count). The van der Waals surface area contributed by atoms with Gasteiger partial charge in [-0.3, -0.25) is 15.1 Å². The number of pyridine rings is 2. The molecule has 6 heterocycles. The van der Waals surface area contributed by atoms with Crippen LogP contribution in [0.1, 0.15) is 18.5 Å². The Morgan fingerprint density at radius 2 is 1.94 bits per heavy atom. The molecule has 5 aromatic heterocycles. The first-order valence-electron chi connectivity index (χ1n) is 11.0. The molecular weight excluding hydrogens is 418 g/mol. The van der Waals surface area contributed by atoms with Crippen LogP contribution >= 0.6 is 0 Å². The fraction of sp³-hybridized carbons (Fsp3) is 0.261. The molecule has 0 saturated carbocycles. The van der Waals surface area contributed by atoms with E-state index >= 15 is 0 Å². The standard InChI is InChI=1S/C23H23N9O/c1-14-12-32(13-27-14)21-11-26-10-20-22(21)29-23(28-20)19-7-18(30-31-19)15-6-17(9-25-8-15)33-16-2-4-24-5-3-16/h6-13,16,24H,2-5H2,1H3,(H,28,29)(H,30,31). The van der Waals surface area contributed by atoms with Gasteiger partial charge in [-0.25, -0.2) is 9.97 Å². The molecule has 1 aliphatic heterocycles. The van der Waals surface area contributed by atoms with E-state index in [-0.39, 0.29) is 6.10 Å². The fourth-order valence-electron chi connectivity index (χ4n) is 4.11. The van der Waals surface area contributed by atoms with E-state index in [0.717, 1.165) is 71.0 Å². The number of hydrogen-bond acceptors (Lipinski definition) is 7. The van der Waals surface area contributed by atoms with Crippen LogP contribution in [-0.2, 0) is 0 Å². The highest BCUT2D eigenvalue weighted by molar-refractivity contribution is 5.85. The number of hydrogen-bond donors (Lipinski definition) is 3. The first-order chi connectivity index (χ1) is 16.2. The van der Waals surface area contributed by atoms with E-state index in [9.17, 15) is 0 Å². The Balaban J connectivity index is 1.29. The van der Waals surface area contributed by atoms with Crippen molar-refractivity contribution < 1.29 is 4.74 Å². The van der Waals surface area contributed by atoms with E-state index in [1.807, 2.05) is 29.8 Å². The summed E-state index contributed by atoms with van der Waals surface area (Å²) in [6.07, 6.45) is 13.0. The quantitative estimate of drug-likeness (QED) is 0.383. The van der Waals surface area contributed by atoms with E-state index in [4.69, 9.17) is 9.72 Å². The van der Waals surface area contributed by atoms with Gasteiger partial charge in [-0.1, -0.05) is 0 Å². The highest BCUT2D eigenvalue weighted by Gasteiger charge is 2.16. The van der Waals surface area contributed by atoms with Gasteiger partial charge in [0.1, 0.15) is 23.1 Å². The Bertz CT molecular complexity index is 1410. The number of aromatic amines is 2. The average Bonchev–Trinajstić information content (AvgIpc) is 3.59. The molecule has 0 bridgehead atoms. The summed E-state index contributed by atoms with van der Waals surface area (Å²) in [5.41, 5.74) is 5.88. The van der Waals surface area contributed by atoms with Gasteiger partial charge in [0.25, 0.3) is 0 Å². The molecule has 0 unspecified atom stereocenters. The number of nitrogens with one attached hydrogen (secondary N) is 3. The van der Waals surface area contributed by atoms with Crippen molar-refractivity contribution >= 4 is 11.0 Å². The minimum Gasteiger partial charge on any atom is -0.489 e. The Morgan fingerprint density at radius 1 is 1.06 bits per heavy atom. The van der Waals surface area contributed by atoms with E-state index in [1.165, 1.54) is 0 Å². The number of imidazole rings is 2. The summed E-state index contributed by atoms with van der Waals surface area (Å²) < 4.78 is 8.06. The van der Waals surface area contributed by atoms with Crippen LogP contribution < -0.4 is 10.1 Å². The Labute approximate surface area is 189 Å². The SMILES string of the molecule is Cc1cn(-c2cncc3[nH]c(-c4cc(-c5cncc(OC6CCNCC6)c5)n[nH]4)nc23)cn1. The zero-order valence-electron chi connectivity index (χ0n) is 18.1. The van der Waals surface area contributed by atoms with Crippen LogP contribution in [0.15, 0.2) is 49.4 Å².